The molecular weight excluding hydrogens is 260 g/mol. The molecule has 0 spiro atoms. The molecule has 1 saturated carbocycles. The Balaban J connectivity index is 2.16. The fourth-order valence-electron chi connectivity index (χ4n) is 3.25. The molecule has 0 aliphatic heterocycles. The van der Waals surface area contributed by atoms with Gasteiger partial charge in [0.2, 0.25) is 5.91 Å². The summed E-state index contributed by atoms with van der Waals surface area (Å²) in [6.45, 7) is 7.22. The van der Waals surface area contributed by atoms with Crippen LogP contribution in [0.4, 0.5) is 5.69 Å². The van der Waals surface area contributed by atoms with Crippen molar-refractivity contribution in [3.8, 4) is 0 Å². The van der Waals surface area contributed by atoms with Gasteiger partial charge < -0.3 is 10.6 Å². The fourth-order valence-corrected chi connectivity index (χ4v) is 3.25. The average molecular weight is 288 g/mol. The fraction of sp³-hybridized carbons (Fsp3) is 0.611. The Morgan fingerprint density at radius 1 is 1.29 bits per heavy atom. The molecule has 0 saturated heterocycles. The van der Waals surface area contributed by atoms with Crippen molar-refractivity contribution in [3.05, 3.63) is 29.8 Å². The van der Waals surface area contributed by atoms with Crippen LogP contribution in [0.15, 0.2) is 24.3 Å². The highest BCUT2D eigenvalue weighted by Gasteiger charge is 2.30. The molecule has 2 N–H and O–H groups in total. The summed E-state index contributed by atoms with van der Waals surface area (Å²) >= 11 is 0. The maximum Gasteiger partial charge on any atom is 0.230 e. The van der Waals surface area contributed by atoms with Crippen molar-refractivity contribution in [1.29, 1.82) is 0 Å². The molecule has 3 heteroatoms. The molecular formula is C18H28N2O. The van der Waals surface area contributed by atoms with Gasteiger partial charge in [0.25, 0.3) is 0 Å². The highest BCUT2D eigenvalue weighted by Crippen LogP contribution is 2.28. The van der Waals surface area contributed by atoms with E-state index in [4.69, 9.17) is 5.73 Å². The molecule has 1 atom stereocenters. The van der Waals surface area contributed by atoms with Crippen molar-refractivity contribution >= 4 is 11.6 Å². The van der Waals surface area contributed by atoms with Gasteiger partial charge in [0.1, 0.15) is 0 Å². The monoisotopic (exact) mass is 288 g/mol. The molecule has 1 unspecified atom stereocenters. The predicted molar refractivity (Wildman–Crippen MR) is 88.1 cm³/mol. The lowest BCUT2D eigenvalue weighted by Gasteiger charge is -2.33. The highest BCUT2D eigenvalue weighted by molar-refractivity contribution is 5.84. The number of hydrogen-bond acceptors (Lipinski definition) is 2. The lowest BCUT2D eigenvalue weighted by Crippen LogP contribution is -2.43. The first kappa shape index (κ1) is 15.9. The molecule has 0 bridgehead atoms. The van der Waals surface area contributed by atoms with E-state index in [0.29, 0.717) is 12.0 Å². The minimum Gasteiger partial charge on any atom is -0.399 e. The summed E-state index contributed by atoms with van der Waals surface area (Å²) in [6, 6.07) is 8.15. The average Bonchev–Trinajstić information content (AvgIpc) is 2.97. The van der Waals surface area contributed by atoms with Gasteiger partial charge in [-0.05, 0) is 43.4 Å². The van der Waals surface area contributed by atoms with Crippen LogP contribution in [0.3, 0.4) is 0 Å². The standard InChI is InChI=1S/C18H28N2O/c1-13(2)12-20(17-9-4-5-10-17)18(21)14(3)15-7-6-8-16(19)11-15/h6-8,11,13-14,17H,4-5,9-10,12,19H2,1-3H3. The van der Waals surface area contributed by atoms with Crippen molar-refractivity contribution in [2.24, 2.45) is 5.92 Å². The van der Waals surface area contributed by atoms with Gasteiger partial charge in [-0.1, -0.05) is 38.8 Å². The van der Waals surface area contributed by atoms with Crippen LogP contribution in [-0.2, 0) is 4.79 Å². The maximum absolute atomic E-state index is 13.0. The maximum atomic E-state index is 13.0. The SMILES string of the molecule is CC(C)CN(C(=O)C(C)c1cccc(N)c1)C1CCCC1. The molecule has 1 aromatic rings. The topological polar surface area (TPSA) is 46.3 Å². The van der Waals surface area contributed by atoms with E-state index < -0.39 is 0 Å². The number of carbonyl (C=O) groups excluding carboxylic acids is 1. The van der Waals surface area contributed by atoms with Crippen molar-refractivity contribution in [2.45, 2.75) is 58.4 Å². The van der Waals surface area contributed by atoms with Gasteiger partial charge >= 0.3 is 0 Å². The van der Waals surface area contributed by atoms with Gasteiger partial charge in [-0.15, -0.1) is 0 Å². The predicted octanol–water partition coefficient (Wildman–Crippen LogP) is 3.80. The second kappa shape index (κ2) is 6.97. The van der Waals surface area contributed by atoms with Crippen molar-refractivity contribution < 1.29 is 4.79 Å². The number of rotatable bonds is 5. The zero-order chi connectivity index (χ0) is 15.4. The summed E-state index contributed by atoms with van der Waals surface area (Å²) in [5.41, 5.74) is 7.60. The summed E-state index contributed by atoms with van der Waals surface area (Å²) < 4.78 is 0. The Morgan fingerprint density at radius 2 is 1.95 bits per heavy atom. The molecule has 1 aliphatic carbocycles. The molecule has 1 aromatic carbocycles. The van der Waals surface area contributed by atoms with Crippen molar-refractivity contribution in [3.63, 3.8) is 0 Å². The molecule has 1 aliphatic rings. The summed E-state index contributed by atoms with van der Waals surface area (Å²) in [7, 11) is 0. The number of nitrogen functional groups attached to an aromatic ring is 1. The Hall–Kier alpha value is -1.51. The largest absolute Gasteiger partial charge is 0.399 e. The van der Waals surface area contributed by atoms with Crippen LogP contribution in [0.25, 0.3) is 0 Å². The second-order valence-electron chi connectivity index (χ2n) is 6.71. The molecule has 21 heavy (non-hydrogen) atoms. The molecule has 0 heterocycles. The normalized spacial score (nSPS) is 17.1. The van der Waals surface area contributed by atoms with Gasteiger partial charge in [-0.2, -0.15) is 0 Å². The molecule has 0 aromatic heterocycles. The zero-order valence-corrected chi connectivity index (χ0v) is 13.5. The van der Waals surface area contributed by atoms with Crippen LogP contribution in [0, 0.1) is 5.92 Å². The summed E-state index contributed by atoms with van der Waals surface area (Å²) in [6.07, 6.45) is 4.81. The van der Waals surface area contributed by atoms with E-state index in [1.165, 1.54) is 12.8 Å². The van der Waals surface area contributed by atoms with E-state index in [1.54, 1.807) is 0 Å². The number of amides is 1. The van der Waals surface area contributed by atoms with Gasteiger partial charge in [0, 0.05) is 18.3 Å². The third-order valence-electron chi connectivity index (χ3n) is 4.39. The molecule has 1 amide bonds. The van der Waals surface area contributed by atoms with E-state index in [-0.39, 0.29) is 11.8 Å². The first-order chi connectivity index (χ1) is 9.99. The highest BCUT2D eigenvalue weighted by atomic mass is 16.2. The lowest BCUT2D eigenvalue weighted by atomic mass is 9.97. The number of benzene rings is 1. The molecule has 0 radical (unpaired) electrons. The Morgan fingerprint density at radius 3 is 2.52 bits per heavy atom. The Labute approximate surface area is 128 Å². The third-order valence-corrected chi connectivity index (χ3v) is 4.39. The Kier molecular flexibility index (Phi) is 5.27. The number of anilines is 1. The van der Waals surface area contributed by atoms with E-state index in [2.05, 4.69) is 18.7 Å². The minimum absolute atomic E-state index is 0.118. The first-order valence-corrected chi connectivity index (χ1v) is 8.15. The van der Waals surface area contributed by atoms with Gasteiger partial charge in [0.05, 0.1) is 5.92 Å². The molecule has 1 fully saturated rings. The van der Waals surface area contributed by atoms with Gasteiger partial charge in [-0.25, -0.2) is 0 Å². The summed E-state index contributed by atoms with van der Waals surface area (Å²) in [4.78, 5) is 15.1. The van der Waals surface area contributed by atoms with Crippen LogP contribution in [-0.4, -0.2) is 23.4 Å². The Bertz CT molecular complexity index is 478. The van der Waals surface area contributed by atoms with Gasteiger partial charge in [0.15, 0.2) is 0 Å². The number of nitrogens with two attached hydrogens (primary N) is 1. The van der Waals surface area contributed by atoms with Crippen LogP contribution < -0.4 is 5.73 Å². The van der Waals surface area contributed by atoms with Crippen LogP contribution in [0.1, 0.15) is 57.9 Å². The van der Waals surface area contributed by atoms with E-state index in [1.807, 2.05) is 31.2 Å². The third kappa shape index (κ3) is 3.99. The van der Waals surface area contributed by atoms with E-state index >= 15 is 0 Å². The molecule has 116 valence electrons. The summed E-state index contributed by atoms with van der Waals surface area (Å²) in [5.74, 6) is 0.636. The minimum atomic E-state index is -0.118. The van der Waals surface area contributed by atoms with Crippen molar-refractivity contribution in [2.75, 3.05) is 12.3 Å². The molecule has 3 nitrogen and oxygen atoms in total. The number of carbonyl (C=O) groups is 1. The van der Waals surface area contributed by atoms with Crippen LogP contribution >= 0.6 is 0 Å². The number of hydrogen-bond donors (Lipinski definition) is 1. The number of nitrogens with zero attached hydrogens (tertiary/aromatic N) is 1. The van der Waals surface area contributed by atoms with E-state index in [9.17, 15) is 4.79 Å². The van der Waals surface area contributed by atoms with Gasteiger partial charge in [-0.3, -0.25) is 4.79 Å². The van der Waals surface area contributed by atoms with Crippen LogP contribution in [0.5, 0.6) is 0 Å². The molecule has 2 rings (SSSR count). The smallest absolute Gasteiger partial charge is 0.230 e. The first-order valence-electron chi connectivity index (χ1n) is 8.15. The van der Waals surface area contributed by atoms with Crippen molar-refractivity contribution in [1.82, 2.24) is 4.90 Å². The second-order valence-corrected chi connectivity index (χ2v) is 6.71. The quantitative estimate of drug-likeness (QED) is 0.838. The zero-order valence-electron chi connectivity index (χ0n) is 13.5. The van der Waals surface area contributed by atoms with E-state index in [0.717, 1.165) is 30.6 Å². The lowest BCUT2D eigenvalue weighted by molar-refractivity contribution is -0.135. The summed E-state index contributed by atoms with van der Waals surface area (Å²) in [5, 5.41) is 0. The van der Waals surface area contributed by atoms with Crippen LogP contribution in [0.2, 0.25) is 0 Å².